The smallest absolute Gasteiger partial charge is 0.672 e. The van der Waals surface area contributed by atoms with Gasteiger partial charge in [-0.25, -0.2) is 0 Å². The largest absolute Gasteiger partial charge is 1.00 e. The minimum Gasteiger partial charge on any atom is -0.672 e. The van der Waals surface area contributed by atoms with Crippen LogP contribution in [0, 0.1) is 0 Å². The first-order chi connectivity index (χ1) is 34.6. The first-order valence-corrected chi connectivity index (χ1v) is 39.0. The fraction of sp³-hybridized carbons (Fsp3) is 0. The summed E-state index contributed by atoms with van der Waals surface area (Å²) in [6.07, 6.45) is 0. The standard InChI is InChI=1S/2Na.19H2O3Si.O3Si/c;;20*1-4(2)3/h;;19*1-2H;/q2*+1;;;;;;;;;;;;;;;;;;;;-2. The molecule has 0 heterocycles. The van der Waals surface area contributed by atoms with E-state index in [0.29, 0.717) is 0 Å². The van der Waals surface area contributed by atoms with E-state index >= 15 is 0 Å². The predicted molar refractivity (Wildman–Crippen MR) is 213 cm³/mol. The molecule has 0 aliphatic heterocycles. The van der Waals surface area contributed by atoms with E-state index in [1.54, 1.807) is 0 Å². The Bertz CT molecular complexity index is 1060. The van der Waals surface area contributed by atoms with Crippen LogP contribution < -0.4 is 68.7 Å². The van der Waals surface area contributed by atoms with Gasteiger partial charge in [0, 0.05) is 9.17 Å². The van der Waals surface area contributed by atoms with Crippen molar-refractivity contribution in [3.05, 3.63) is 0 Å². The Morgan fingerprint density at radius 2 is 0.122 bits per heavy atom. The summed E-state index contributed by atoms with van der Waals surface area (Å²) >= 11 is 0. The fourth-order valence-corrected chi connectivity index (χ4v) is 0. The van der Waals surface area contributed by atoms with Gasteiger partial charge in [0.25, 0.3) is 0 Å². The van der Waals surface area contributed by atoms with E-state index in [0.717, 1.165) is 0 Å². The van der Waals surface area contributed by atoms with Gasteiger partial charge in [0.1, 0.15) is 0 Å². The average molecular weight is 1610 g/mol. The molecule has 0 fully saturated rings. The molecule has 0 bridgehead atoms. The summed E-state index contributed by atoms with van der Waals surface area (Å²) in [6, 6.07) is 0. The van der Waals surface area contributed by atoms with Crippen LogP contribution >= 0.6 is 0 Å². The van der Waals surface area contributed by atoms with Crippen molar-refractivity contribution >= 4 is 183 Å². The van der Waals surface area contributed by atoms with Gasteiger partial charge >= 0.3 is 233 Å². The van der Waals surface area contributed by atoms with E-state index in [9.17, 15) is 0 Å². The zero-order valence-electron chi connectivity index (χ0n) is 38.0. The van der Waals surface area contributed by atoms with Gasteiger partial charge in [-0.2, -0.15) is 0 Å². The molecule has 0 unspecified atom stereocenters. The van der Waals surface area contributed by atoms with Crippen molar-refractivity contribution in [2.24, 2.45) is 0 Å². The molecule has 0 saturated carbocycles. The summed E-state index contributed by atoms with van der Waals surface area (Å²) < 4.78 is 175. The Balaban J connectivity index is -0.0000000231. The van der Waals surface area contributed by atoms with Crippen molar-refractivity contribution in [1.29, 1.82) is 0 Å². The van der Waals surface area contributed by atoms with Crippen LogP contribution in [0.4, 0.5) is 0 Å². The minimum absolute atomic E-state index is 0. The van der Waals surface area contributed by atoms with Gasteiger partial charge in [-0.15, -0.1) is 0 Å². The Labute approximate surface area is 519 Å². The molecule has 0 aliphatic carbocycles. The summed E-state index contributed by atoms with van der Waals surface area (Å²) in [5.74, 6) is 0. The minimum atomic E-state index is -3.63. The van der Waals surface area contributed by atoms with Gasteiger partial charge in [0.15, 0.2) is 0 Å². The van der Waals surface area contributed by atoms with Crippen molar-refractivity contribution in [2.45, 2.75) is 0 Å². The van der Waals surface area contributed by atoms with E-state index in [2.05, 4.69) is 0 Å². The van der Waals surface area contributed by atoms with Gasteiger partial charge in [-0.3, -0.25) is 84.8 Å². The third kappa shape index (κ3) is 12500. The van der Waals surface area contributed by atoms with Gasteiger partial charge in [-0.1, -0.05) is 0 Å². The summed E-state index contributed by atoms with van der Waals surface area (Å²) in [5.41, 5.74) is 0. The second kappa shape index (κ2) is 141. The van der Waals surface area contributed by atoms with Gasteiger partial charge in [0.2, 0.25) is 0 Å². The maximum atomic E-state index is 8.74. The molecule has 0 spiro atoms. The Morgan fingerprint density at radius 3 is 0.122 bits per heavy atom. The molecule has 0 amide bonds. The summed E-state index contributed by atoms with van der Waals surface area (Å²) in [4.78, 5) is 289. The molecule has 480 valence electrons. The van der Waals surface area contributed by atoms with Crippen LogP contribution in [-0.2, 0) is 89.2 Å². The molecule has 0 aliphatic rings. The molecule has 60 nitrogen and oxygen atoms in total. The summed E-state index contributed by atoms with van der Waals surface area (Å²) in [6.45, 7) is 0. The summed E-state index contributed by atoms with van der Waals surface area (Å²) in [5, 5.41) is 0. The Morgan fingerprint density at radius 1 is 0.122 bits per heavy atom. The Hall–Kier alpha value is -5.66. The first kappa shape index (κ1) is 147. The van der Waals surface area contributed by atoms with Crippen molar-refractivity contribution in [2.75, 3.05) is 0 Å². The molecule has 0 aromatic carbocycles. The molecule has 0 radical (unpaired) electrons. The van der Waals surface area contributed by atoms with Crippen LogP contribution in [-0.4, -0.2) is 366 Å². The van der Waals surface area contributed by atoms with Gasteiger partial charge in [0.05, 0.1) is 0 Å². The van der Waals surface area contributed by atoms with E-state index in [1.165, 1.54) is 0 Å². The van der Waals surface area contributed by atoms with Crippen molar-refractivity contribution in [3.63, 3.8) is 0 Å². The zero-order chi connectivity index (χ0) is 71.5. The Kier molecular flexibility index (Phi) is 252. The zero-order valence-corrected chi connectivity index (χ0v) is 62.0. The van der Waals surface area contributed by atoms with Crippen molar-refractivity contribution in [3.8, 4) is 0 Å². The van der Waals surface area contributed by atoms with Crippen LogP contribution in [0.1, 0.15) is 0 Å². The van der Waals surface area contributed by atoms with Crippen LogP contribution in [0.3, 0.4) is 0 Å². The monoisotopic (exact) mass is 1600 g/mol. The maximum absolute atomic E-state index is 8.74. The molecular formula is H38Na2O60Si20. The molecule has 82 heavy (non-hydrogen) atoms. The third-order valence-corrected chi connectivity index (χ3v) is 0. The second-order valence-corrected chi connectivity index (χ2v) is 16.9. The first-order valence-electron chi connectivity index (χ1n) is 13.0. The molecule has 0 rings (SSSR count). The summed E-state index contributed by atoms with van der Waals surface area (Å²) in [7, 11) is -63.1. The maximum Gasteiger partial charge on any atom is 1.00 e. The van der Waals surface area contributed by atoms with Gasteiger partial charge in [-0.05, 0) is 0 Å². The molecule has 38 N–H and O–H groups in total. The molecular weight excluding hydrogens is 1570 g/mol. The normalized spacial score (nSPS) is 5.85. The van der Waals surface area contributed by atoms with Crippen molar-refractivity contribution in [1.82, 2.24) is 0 Å². The molecule has 0 aromatic heterocycles. The third-order valence-electron chi connectivity index (χ3n) is 0. The number of hydrogen-bond donors (Lipinski definition) is 38. The number of rotatable bonds is 0. The van der Waals surface area contributed by atoms with E-state index in [-0.39, 0.29) is 59.1 Å². The molecule has 0 aromatic rings. The van der Waals surface area contributed by atoms with Crippen molar-refractivity contribution < 1.29 is 340 Å². The van der Waals surface area contributed by atoms with E-state index in [4.69, 9.17) is 281 Å². The van der Waals surface area contributed by atoms with Crippen LogP contribution in [0.15, 0.2) is 0 Å². The SMILES string of the molecule is O=[Si](O)O.O=[Si](O)O.O=[Si](O)O.O=[Si](O)O.O=[Si](O)O.O=[Si](O)O.O=[Si](O)O.O=[Si](O)O.O=[Si](O)O.O=[Si](O)O.O=[Si](O)O.O=[Si](O)O.O=[Si](O)O.O=[Si](O)O.O=[Si](O)O.O=[Si](O)O.O=[Si](O)O.O=[Si](O)O.O=[Si](O)O.O=[Si]([O-])[O-].[Na+].[Na+]. The molecule has 0 atom stereocenters. The topological polar surface area (TPSA) is 1160 Å². The van der Waals surface area contributed by atoms with Crippen LogP contribution in [0.2, 0.25) is 0 Å². The fourth-order valence-electron chi connectivity index (χ4n) is 0. The second-order valence-electron chi connectivity index (χ2n) is 5.62. The quantitative estimate of drug-likeness (QED) is 0.100. The average Bonchev–Trinajstić information content (AvgIpc) is 2.99. The molecule has 0 saturated heterocycles. The van der Waals surface area contributed by atoms with Crippen LogP contribution in [0.5, 0.6) is 0 Å². The van der Waals surface area contributed by atoms with E-state index in [1.807, 2.05) is 0 Å². The van der Waals surface area contributed by atoms with Crippen LogP contribution in [0.25, 0.3) is 0 Å². The van der Waals surface area contributed by atoms with Gasteiger partial charge < -0.3 is 196 Å². The number of hydrogen-bond acceptors (Lipinski definition) is 22. The van der Waals surface area contributed by atoms with E-state index < -0.39 is 183 Å². The molecule has 82 heteroatoms. The predicted octanol–water partition coefficient (Wildman–Crippen LogP) is -39.5.